The van der Waals surface area contributed by atoms with Gasteiger partial charge in [-0.25, -0.2) is 0 Å². The fourth-order valence-electron chi connectivity index (χ4n) is 11.2. The number of fused-ring (bicyclic) bond motifs is 7. The van der Waals surface area contributed by atoms with Crippen LogP contribution in [-0.4, -0.2) is 0 Å². The van der Waals surface area contributed by atoms with Crippen LogP contribution < -0.4 is 4.90 Å². The Balaban J connectivity index is 1.11. The second-order valence-corrected chi connectivity index (χ2v) is 18.2. The average Bonchev–Trinajstić information content (AvgIpc) is 3.83. The van der Waals surface area contributed by atoms with E-state index in [2.05, 4.69) is 207 Å². The molecule has 0 spiro atoms. The molecule has 1 fully saturated rings. The minimum absolute atomic E-state index is 0.115. The van der Waals surface area contributed by atoms with Gasteiger partial charge in [0.25, 0.3) is 0 Å². The number of para-hydroxylation sites is 4. The van der Waals surface area contributed by atoms with Gasteiger partial charge < -0.3 is 9.32 Å². The van der Waals surface area contributed by atoms with Crippen molar-refractivity contribution in [2.75, 3.05) is 4.90 Å². The monoisotopic (exact) mass is 811 g/mol. The normalized spacial score (nSPS) is 14.6. The van der Waals surface area contributed by atoms with Crippen molar-refractivity contribution < 1.29 is 4.42 Å². The molecule has 2 nitrogen and oxygen atoms in total. The van der Waals surface area contributed by atoms with Crippen molar-refractivity contribution in [2.24, 2.45) is 0 Å². The van der Waals surface area contributed by atoms with Crippen LogP contribution in [0.1, 0.15) is 68.6 Å². The number of nitrogens with zero attached hydrogens (tertiary/aromatic N) is 1. The second-order valence-electron chi connectivity index (χ2n) is 18.2. The van der Waals surface area contributed by atoms with E-state index in [4.69, 9.17) is 4.42 Å². The van der Waals surface area contributed by atoms with Crippen molar-refractivity contribution in [3.05, 3.63) is 211 Å². The van der Waals surface area contributed by atoms with Crippen molar-refractivity contribution in [3.8, 4) is 44.5 Å². The summed E-state index contributed by atoms with van der Waals surface area (Å²) in [5.74, 6) is 0.567. The highest BCUT2D eigenvalue weighted by molar-refractivity contribution is 6.08. The van der Waals surface area contributed by atoms with Crippen molar-refractivity contribution in [1.29, 1.82) is 0 Å². The highest BCUT2D eigenvalue weighted by atomic mass is 16.3. The lowest BCUT2D eigenvalue weighted by Gasteiger charge is -2.32. The van der Waals surface area contributed by atoms with Crippen LogP contribution in [0.2, 0.25) is 0 Å². The first-order chi connectivity index (χ1) is 31.0. The number of anilines is 3. The van der Waals surface area contributed by atoms with E-state index in [9.17, 15) is 0 Å². The molecule has 2 aliphatic rings. The van der Waals surface area contributed by atoms with Crippen molar-refractivity contribution in [3.63, 3.8) is 0 Å². The minimum atomic E-state index is -0.115. The zero-order chi connectivity index (χ0) is 42.1. The van der Waals surface area contributed by atoms with E-state index in [1.54, 1.807) is 0 Å². The lowest BCUT2D eigenvalue weighted by atomic mass is 9.80. The maximum absolute atomic E-state index is 6.33. The number of furan rings is 1. The maximum atomic E-state index is 6.33. The fraction of sp³-hybridized carbons (Fsp3) is 0.148. The van der Waals surface area contributed by atoms with Gasteiger partial charge in [0.15, 0.2) is 0 Å². The van der Waals surface area contributed by atoms with E-state index in [-0.39, 0.29) is 5.41 Å². The van der Waals surface area contributed by atoms with E-state index >= 15 is 0 Å². The van der Waals surface area contributed by atoms with Gasteiger partial charge in [-0.2, -0.15) is 0 Å². The predicted octanol–water partition coefficient (Wildman–Crippen LogP) is 17.6. The minimum Gasteiger partial charge on any atom is -0.456 e. The van der Waals surface area contributed by atoms with Crippen LogP contribution >= 0.6 is 0 Å². The summed E-state index contributed by atoms with van der Waals surface area (Å²) >= 11 is 0. The molecule has 10 aromatic rings. The number of hydrogen-bond acceptors (Lipinski definition) is 2. The van der Waals surface area contributed by atoms with Crippen LogP contribution in [0.3, 0.4) is 0 Å². The van der Waals surface area contributed by atoms with E-state index in [0.717, 1.165) is 50.1 Å². The second kappa shape index (κ2) is 15.0. The fourth-order valence-corrected chi connectivity index (χ4v) is 11.2. The van der Waals surface area contributed by atoms with Crippen LogP contribution in [0.25, 0.3) is 77.2 Å². The largest absolute Gasteiger partial charge is 0.456 e. The summed E-state index contributed by atoms with van der Waals surface area (Å²) < 4.78 is 6.33. The molecule has 1 heterocycles. The van der Waals surface area contributed by atoms with Crippen LogP contribution in [0.4, 0.5) is 17.1 Å². The summed E-state index contributed by atoms with van der Waals surface area (Å²) in [6.45, 7) is 4.75. The molecule has 0 N–H and O–H groups in total. The standard InChI is InChI=1S/C61H49NO/c1-61(2)53-29-11-6-24-47(53)48-36-34-43(39-54(48)61)45-23-8-13-31-56(45)62(55-30-12-7-22-44(55)42-35-37-59-52(38-42)50-26-10-15-33-58(50)63-59)57-32-14-9-25-49(57)51-28-17-21-41-20-16-27-46(60(41)51)40-18-4-3-5-19-40/h6-17,20-40H,3-5,18-19H2,1-2H3. The van der Waals surface area contributed by atoms with Crippen LogP contribution in [0.15, 0.2) is 199 Å². The molecule has 1 saturated carbocycles. The lowest BCUT2D eigenvalue weighted by molar-refractivity contribution is 0.445. The third-order valence-electron chi connectivity index (χ3n) is 14.3. The summed E-state index contributed by atoms with van der Waals surface area (Å²) in [5, 5.41) is 4.95. The molecule has 0 saturated heterocycles. The van der Waals surface area contributed by atoms with E-state index in [1.165, 1.54) is 92.9 Å². The Morgan fingerprint density at radius 1 is 0.429 bits per heavy atom. The van der Waals surface area contributed by atoms with Gasteiger partial charge >= 0.3 is 0 Å². The molecule has 9 aromatic carbocycles. The molecule has 0 aliphatic heterocycles. The van der Waals surface area contributed by atoms with Gasteiger partial charge in [0.1, 0.15) is 11.2 Å². The van der Waals surface area contributed by atoms with Crippen LogP contribution in [-0.2, 0) is 5.41 Å². The molecule has 304 valence electrons. The number of hydrogen-bond donors (Lipinski definition) is 0. The third kappa shape index (κ3) is 6.15. The summed E-state index contributed by atoms with van der Waals surface area (Å²) in [4.78, 5) is 2.55. The van der Waals surface area contributed by atoms with Gasteiger partial charge in [0.2, 0.25) is 0 Å². The van der Waals surface area contributed by atoms with E-state index in [0.29, 0.717) is 5.92 Å². The molecule has 0 amide bonds. The molecule has 0 atom stereocenters. The highest BCUT2D eigenvalue weighted by Gasteiger charge is 2.35. The summed E-state index contributed by atoms with van der Waals surface area (Å²) in [6, 6.07) is 72.1. The molecule has 0 unspecified atom stereocenters. The SMILES string of the molecule is CC1(C)c2ccccc2-c2ccc(-c3ccccc3N(c3ccccc3-c3ccc4oc5ccccc5c4c3)c3ccccc3-c3cccc4cccc(C5CCCCC5)c34)cc21. The van der Waals surface area contributed by atoms with Gasteiger partial charge in [-0.05, 0) is 117 Å². The van der Waals surface area contributed by atoms with Gasteiger partial charge in [-0.1, -0.05) is 185 Å². The van der Waals surface area contributed by atoms with Gasteiger partial charge in [0.05, 0.1) is 17.1 Å². The van der Waals surface area contributed by atoms with Crippen molar-refractivity contribution in [1.82, 2.24) is 0 Å². The average molecular weight is 812 g/mol. The van der Waals surface area contributed by atoms with Gasteiger partial charge in [-0.15, -0.1) is 0 Å². The van der Waals surface area contributed by atoms with Gasteiger partial charge in [-0.3, -0.25) is 0 Å². The van der Waals surface area contributed by atoms with E-state index < -0.39 is 0 Å². The Bertz CT molecular complexity index is 3370. The maximum Gasteiger partial charge on any atom is 0.135 e. The van der Waals surface area contributed by atoms with Crippen LogP contribution in [0, 0.1) is 0 Å². The Hall–Kier alpha value is -7.16. The molecule has 2 heteroatoms. The zero-order valence-electron chi connectivity index (χ0n) is 35.9. The number of benzene rings is 9. The van der Waals surface area contributed by atoms with Crippen molar-refractivity contribution in [2.45, 2.75) is 57.3 Å². The summed E-state index contributed by atoms with van der Waals surface area (Å²) in [5.41, 5.74) is 19.2. The quantitative estimate of drug-likeness (QED) is 0.159. The summed E-state index contributed by atoms with van der Waals surface area (Å²) in [6.07, 6.45) is 6.44. The first-order valence-corrected chi connectivity index (χ1v) is 22.8. The molecule has 0 bridgehead atoms. The molecular formula is C61H49NO. The van der Waals surface area contributed by atoms with Gasteiger partial charge in [0, 0.05) is 32.9 Å². The Kier molecular flexibility index (Phi) is 8.97. The topological polar surface area (TPSA) is 16.4 Å². The zero-order valence-corrected chi connectivity index (χ0v) is 35.9. The summed E-state index contributed by atoms with van der Waals surface area (Å²) in [7, 11) is 0. The third-order valence-corrected chi connectivity index (χ3v) is 14.3. The molecule has 12 rings (SSSR count). The molecule has 2 aliphatic carbocycles. The Labute approximate surface area is 370 Å². The highest BCUT2D eigenvalue weighted by Crippen LogP contribution is 2.53. The Morgan fingerprint density at radius 2 is 0.984 bits per heavy atom. The number of rotatable bonds is 7. The predicted molar refractivity (Wildman–Crippen MR) is 266 cm³/mol. The Morgan fingerprint density at radius 3 is 1.75 bits per heavy atom. The molecule has 63 heavy (non-hydrogen) atoms. The molecule has 1 aromatic heterocycles. The molecular weight excluding hydrogens is 763 g/mol. The first kappa shape index (κ1) is 37.6. The van der Waals surface area contributed by atoms with E-state index in [1.807, 2.05) is 6.07 Å². The lowest BCUT2D eigenvalue weighted by Crippen LogP contribution is -2.15. The van der Waals surface area contributed by atoms with Crippen molar-refractivity contribution >= 4 is 49.8 Å². The molecule has 0 radical (unpaired) electrons. The van der Waals surface area contributed by atoms with Crippen LogP contribution in [0.5, 0.6) is 0 Å². The smallest absolute Gasteiger partial charge is 0.135 e. The first-order valence-electron chi connectivity index (χ1n) is 22.8.